The minimum atomic E-state index is -0.501. The third-order valence-electron chi connectivity index (χ3n) is 6.15. The number of amides is 2. The molecular weight excluding hydrogens is 462 g/mol. The maximum absolute atomic E-state index is 13.6. The van der Waals surface area contributed by atoms with Crippen molar-refractivity contribution in [2.24, 2.45) is 0 Å². The smallest absolute Gasteiger partial charge is 0.341 e. The standard InChI is InChI=1S/C27H23N3O4S/c1-16(31)30-13-12-19-23(15-30)35-26(24(19)27(33)34-2)29-25(32)20-14-22(17-8-4-3-5-9-17)28-21-11-7-6-10-18(20)21/h3-11,14H,12-13,15H2,1-2H3,(H,29,32). The van der Waals surface area contributed by atoms with Gasteiger partial charge >= 0.3 is 5.97 Å². The van der Waals surface area contributed by atoms with Crippen LogP contribution in [0.5, 0.6) is 0 Å². The Morgan fingerprint density at radius 2 is 1.80 bits per heavy atom. The molecule has 2 amide bonds. The zero-order valence-corrected chi connectivity index (χ0v) is 20.1. The van der Waals surface area contributed by atoms with E-state index in [1.54, 1.807) is 11.0 Å². The van der Waals surface area contributed by atoms with Crippen LogP contribution in [0.4, 0.5) is 5.00 Å². The van der Waals surface area contributed by atoms with Crippen LogP contribution in [-0.2, 0) is 22.5 Å². The van der Waals surface area contributed by atoms with E-state index < -0.39 is 5.97 Å². The monoisotopic (exact) mass is 485 g/mol. The highest BCUT2D eigenvalue weighted by atomic mass is 32.1. The molecule has 35 heavy (non-hydrogen) atoms. The van der Waals surface area contributed by atoms with E-state index in [1.807, 2.05) is 54.6 Å². The molecule has 0 unspecified atom stereocenters. The summed E-state index contributed by atoms with van der Waals surface area (Å²) < 4.78 is 5.04. The van der Waals surface area contributed by atoms with E-state index in [9.17, 15) is 14.4 Å². The topological polar surface area (TPSA) is 88.6 Å². The number of hydrogen-bond donors (Lipinski definition) is 1. The number of carbonyl (C=O) groups excluding carboxylic acids is 3. The molecule has 0 fully saturated rings. The molecule has 0 aliphatic carbocycles. The molecule has 7 nitrogen and oxygen atoms in total. The number of anilines is 1. The van der Waals surface area contributed by atoms with Gasteiger partial charge in [0.2, 0.25) is 5.91 Å². The fourth-order valence-electron chi connectivity index (χ4n) is 4.37. The summed E-state index contributed by atoms with van der Waals surface area (Å²) in [6.07, 6.45) is 0.530. The van der Waals surface area contributed by atoms with Crippen molar-refractivity contribution in [2.75, 3.05) is 19.0 Å². The number of nitrogens with zero attached hydrogens (tertiary/aromatic N) is 2. The van der Waals surface area contributed by atoms with Crippen LogP contribution < -0.4 is 5.32 Å². The number of benzene rings is 2. The molecule has 8 heteroatoms. The first kappa shape index (κ1) is 22.7. The summed E-state index contributed by atoms with van der Waals surface area (Å²) in [6, 6.07) is 18.9. The highest BCUT2D eigenvalue weighted by Crippen LogP contribution is 2.38. The van der Waals surface area contributed by atoms with Gasteiger partial charge in [0.1, 0.15) is 5.00 Å². The number of hydrogen-bond acceptors (Lipinski definition) is 6. The lowest BCUT2D eigenvalue weighted by molar-refractivity contribution is -0.129. The molecule has 176 valence electrons. The van der Waals surface area contributed by atoms with Gasteiger partial charge in [0.05, 0.1) is 36.0 Å². The molecule has 2 aromatic carbocycles. The molecule has 1 aliphatic rings. The Morgan fingerprint density at radius 1 is 1.06 bits per heavy atom. The first-order valence-electron chi connectivity index (χ1n) is 11.2. The normalized spacial score (nSPS) is 12.8. The Hall–Kier alpha value is -4.04. The predicted octanol–water partition coefficient (Wildman–Crippen LogP) is 4.91. The van der Waals surface area contributed by atoms with Crippen LogP contribution >= 0.6 is 11.3 Å². The molecule has 0 radical (unpaired) electrons. The fourth-order valence-corrected chi connectivity index (χ4v) is 5.62. The summed E-state index contributed by atoms with van der Waals surface area (Å²) >= 11 is 1.31. The zero-order chi connectivity index (χ0) is 24.5. The largest absolute Gasteiger partial charge is 0.465 e. The van der Waals surface area contributed by atoms with E-state index in [4.69, 9.17) is 9.72 Å². The second-order valence-electron chi connectivity index (χ2n) is 8.28. The van der Waals surface area contributed by atoms with E-state index in [-0.39, 0.29) is 11.8 Å². The van der Waals surface area contributed by atoms with Crippen LogP contribution in [0.1, 0.15) is 38.1 Å². The lowest BCUT2D eigenvalue weighted by atomic mass is 10.0. The van der Waals surface area contributed by atoms with Crippen molar-refractivity contribution in [1.29, 1.82) is 0 Å². The SMILES string of the molecule is COC(=O)c1c(NC(=O)c2cc(-c3ccccc3)nc3ccccc23)sc2c1CCN(C(C)=O)C2. The summed E-state index contributed by atoms with van der Waals surface area (Å²) in [6.45, 7) is 2.46. The number of para-hydroxylation sites is 1. The van der Waals surface area contributed by atoms with Crippen molar-refractivity contribution in [2.45, 2.75) is 19.9 Å². The number of thiophene rings is 1. The number of esters is 1. The zero-order valence-electron chi connectivity index (χ0n) is 19.3. The highest BCUT2D eigenvalue weighted by molar-refractivity contribution is 7.17. The van der Waals surface area contributed by atoms with Crippen molar-refractivity contribution >= 4 is 45.0 Å². The summed E-state index contributed by atoms with van der Waals surface area (Å²) in [4.78, 5) is 45.6. The number of fused-ring (bicyclic) bond motifs is 2. The summed E-state index contributed by atoms with van der Waals surface area (Å²) in [5.74, 6) is -0.863. The minimum absolute atomic E-state index is 0.0223. The van der Waals surface area contributed by atoms with Crippen LogP contribution in [0.15, 0.2) is 60.7 Å². The van der Waals surface area contributed by atoms with E-state index in [0.717, 1.165) is 16.0 Å². The van der Waals surface area contributed by atoms with Gasteiger partial charge in [-0.1, -0.05) is 48.5 Å². The van der Waals surface area contributed by atoms with E-state index >= 15 is 0 Å². The molecule has 0 saturated heterocycles. The van der Waals surface area contributed by atoms with Gasteiger partial charge in [0.25, 0.3) is 5.91 Å². The van der Waals surface area contributed by atoms with Crippen LogP contribution in [0, 0.1) is 0 Å². The molecule has 5 rings (SSSR count). The Kier molecular flexibility index (Phi) is 6.05. The Balaban J connectivity index is 1.57. The van der Waals surface area contributed by atoms with Gasteiger partial charge in [-0.25, -0.2) is 9.78 Å². The first-order chi connectivity index (χ1) is 17.0. The van der Waals surface area contributed by atoms with Crippen molar-refractivity contribution < 1.29 is 19.1 Å². The van der Waals surface area contributed by atoms with E-state index in [2.05, 4.69) is 5.32 Å². The number of aromatic nitrogens is 1. The van der Waals surface area contributed by atoms with Crippen LogP contribution in [0.25, 0.3) is 22.2 Å². The fraction of sp³-hybridized carbons (Fsp3) is 0.185. The molecule has 0 saturated carbocycles. The maximum Gasteiger partial charge on any atom is 0.341 e. The molecule has 3 heterocycles. The van der Waals surface area contributed by atoms with Crippen molar-refractivity contribution in [3.63, 3.8) is 0 Å². The van der Waals surface area contributed by atoms with Crippen molar-refractivity contribution in [3.05, 3.63) is 82.2 Å². The summed E-state index contributed by atoms with van der Waals surface area (Å²) in [5.41, 5.74) is 3.95. The Morgan fingerprint density at radius 3 is 2.54 bits per heavy atom. The maximum atomic E-state index is 13.6. The molecule has 1 aliphatic heterocycles. The van der Waals surface area contributed by atoms with E-state index in [1.165, 1.54) is 25.4 Å². The quantitative estimate of drug-likeness (QED) is 0.415. The molecule has 2 aromatic heterocycles. The van der Waals surface area contributed by atoms with Crippen LogP contribution in [0.3, 0.4) is 0 Å². The molecule has 4 aromatic rings. The highest BCUT2D eigenvalue weighted by Gasteiger charge is 2.30. The number of pyridine rings is 1. The van der Waals surface area contributed by atoms with Gasteiger partial charge in [-0.3, -0.25) is 9.59 Å². The third kappa shape index (κ3) is 4.28. The predicted molar refractivity (Wildman–Crippen MR) is 136 cm³/mol. The Labute approximate surface area is 206 Å². The van der Waals surface area contributed by atoms with Gasteiger partial charge in [-0.05, 0) is 24.1 Å². The minimum Gasteiger partial charge on any atom is -0.465 e. The number of ether oxygens (including phenoxy) is 1. The molecular formula is C27H23N3O4S. The molecule has 0 bridgehead atoms. The van der Waals surface area contributed by atoms with Crippen molar-refractivity contribution in [3.8, 4) is 11.3 Å². The van der Waals surface area contributed by atoms with Gasteiger partial charge in [-0.2, -0.15) is 0 Å². The first-order valence-corrected chi connectivity index (χ1v) is 12.0. The second kappa shape index (κ2) is 9.31. The van der Waals surface area contributed by atoms with E-state index in [0.29, 0.717) is 52.2 Å². The second-order valence-corrected chi connectivity index (χ2v) is 9.39. The van der Waals surface area contributed by atoms with Crippen molar-refractivity contribution in [1.82, 2.24) is 9.88 Å². The lowest BCUT2D eigenvalue weighted by Gasteiger charge is -2.25. The summed E-state index contributed by atoms with van der Waals surface area (Å²) in [7, 11) is 1.32. The molecule has 0 atom stereocenters. The number of rotatable bonds is 4. The van der Waals surface area contributed by atoms with Gasteiger partial charge < -0.3 is 15.0 Å². The third-order valence-corrected chi connectivity index (χ3v) is 7.28. The van der Waals surface area contributed by atoms with Gasteiger partial charge in [0.15, 0.2) is 0 Å². The average molecular weight is 486 g/mol. The summed E-state index contributed by atoms with van der Waals surface area (Å²) in [5, 5.41) is 4.11. The van der Waals surface area contributed by atoms with Gasteiger partial charge in [0, 0.05) is 29.3 Å². The molecule has 0 spiro atoms. The molecule has 1 N–H and O–H groups in total. The lowest BCUT2D eigenvalue weighted by Crippen LogP contribution is -2.33. The Bertz CT molecular complexity index is 1460. The van der Waals surface area contributed by atoms with Gasteiger partial charge in [-0.15, -0.1) is 11.3 Å². The van der Waals surface area contributed by atoms with Crippen LogP contribution in [-0.4, -0.2) is 41.3 Å². The number of carbonyl (C=O) groups is 3. The number of methoxy groups -OCH3 is 1. The van der Waals surface area contributed by atoms with Crippen LogP contribution in [0.2, 0.25) is 0 Å². The average Bonchev–Trinajstić information content (AvgIpc) is 3.24. The number of nitrogens with one attached hydrogen (secondary N) is 1.